The van der Waals surface area contributed by atoms with E-state index < -0.39 is 0 Å². The molecule has 0 saturated carbocycles. The lowest BCUT2D eigenvalue weighted by atomic mass is 10.1. The molecule has 2 aliphatic heterocycles. The average Bonchev–Trinajstić information content (AvgIpc) is 2.81. The smallest absolute Gasteiger partial charge is 0.227 e. The summed E-state index contributed by atoms with van der Waals surface area (Å²) in [6, 6.07) is 3.57. The van der Waals surface area contributed by atoms with Crippen LogP contribution in [0.2, 0.25) is 5.02 Å². The minimum atomic E-state index is 0.0353. The van der Waals surface area contributed by atoms with E-state index in [0.29, 0.717) is 55.9 Å². The summed E-state index contributed by atoms with van der Waals surface area (Å²) in [5, 5.41) is 0.466. The zero-order valence-electron chi connectivity index (χ0n) is 13.7. The summed E-state index contributed by atoms with van der Waals surface area (Å²) in [6.45, 7) is 5.04. The van der Waals surface area contributed by atoms with Crippen LogP contribution in [0.15, 0.2) is 12.1 Å². The molecule has 24 heavy (non-hydrogen) atoms. The molecule has 0 spiro atoms. The van der Waals surface area contributed by atoms with Crippen molar-refractivity contribution in [2.45, 2.75) is 19.8 Å². The number of rotatable bonds is 2. The molecule has 6 nitrogen and oxygen atoms in total. The van der Waals surface area contributed by atoms with Crippen LogP contribution in [0.5, 0.6) is 11.5 Å². The Morgan fingerprint density at radius 3 is 2.58 bits per heavy atom. The molecular formula is C17H21ClN2O4. The Morgan fingerprint density at radius 1 is 1.08 bits per heavy atom. The van der Waals surface area contributed by atoms with Gasteiger partial charge < -0.3 is 19.3 Å². The number of hydrogen-bond donors (Lipinski definition) is 0. The minimum absolute atomic E-state index is 0.0353. The highest BCUT2D eigenvalue weighted by atomic mass is 35.5. The van der Waals surface area contributed by atoms with Crippen molar-refractivity contribution in [3.63, 3.8) is 0 Å². The Hall–Kier alpha value is -1.95. The van der Waals surface area contributed by atoms with Crippen molar-refractivity contribution in [1.29, 1.82) is 0 Å². The van der Waals surface area contributed by atoms with Gasteiger partial charge in [0.05, 0.1) is 11.4 Å². The molecular weight excluding hydrogens is 332 g/mol. The third-order valence-corrected chi connectivity index (χ3v) is 4.59. The standard InChI is InChI=1S/C17H21ClN2O4/c1-12(21)19-3-2-4-20(6-5-19)16(22)11-13-9-14(18)17-15(10-13)23-7-8-24-17/h9-10H,2-8,11H2,1H3. The molecule has 0 bridgehead atoms. The van der Waals surface area contributed by atoms with Crippen molar-refractivity contribution >= 4 is 23.4 Å². The molecule has 1 aromatic carbocycles. The predicted octanol–water partition coefficient (Wildman–Crippen LogP) is 1.73. The van der Waals surface area contributed by atoms with Gasteiger partial charge in [-0.05, 0) is 24.1 Å². The molecule has 1 saturated heterocycles. The van der Waals surface area contributed by atoms with Gasteiger partial charge in [0.25, 0.3) is 0 Å². The van der Waals surface area contributed by atoms with Crippen LogP contribution < -0.4 is 9.47 Å². The summed E-state index contributed by atoms with van der Waals surface area (Å²) < 4.78 is 11.0. The zero-order chi connectivity index (χ0) is 17.1. The molecule has 1 fully saturated rings. The van der Waals surface area contributed by atoms with Gasteiger partial charge in [0.15, 0.2) is 11.5 Å². The van der Waals surface area contributed by atoms with Gasteiger partial charge in [0, 0.05) is 33.1 Å². The Kier molecular flexibility index (Phi) is 5.14. The highest BCUT2D eigenvalue weighted by Crippen LogP contribution is 2.38. The molecule has 0 aromatic heterocycles. The maximum Gasteiger partial charge on any atom is 0.227 e. The number of nitrogens with zero attached hydrogens (tertiary/aromatic N) is 2. The molecule has 3 rings (SSSR count). The van der Waals surface area contributed by atoms with Crippen LogP contribution in [0.25, 0.3) is 0 Å². The topological polar surface area (TPSA) is 59.1 Å². The van der Waals surface area contributed by atoms with Crippen LogP contribution in [0, 0.1) is 0 Å². The average molecular weight is 353 g/mol. The molecule has 0 unspecified atom stereocenters. The summed E-state index contributed by atoms with van der Waals surface area (Å²) in [7, 11) is 0. The molecule has 0 N–H and O–H groups in total. The third kappa shape index (κ3) is 3.75. The maximum absolute atomic E-state index is 12.6. The Labute approximate surface area is 146 Å². The second-order valence-electron chi connectivity index (χ2n) is 6.02. The number of ether oxygens (including phenoxy) is 2. The fraction of sp³-hybridized carbons (Fsp3) is 0.529. The SMILES string of the molecule is CC(=O)N1CCCN(C(=O)Cc2cc(Cl)c3c(c2)OCCO3)CC1. The van der Waals surface area contributed by atoms with Crippen molar-refractivity contribution in [1.82, 2.24) is 9.80 Å². The lowest BCUT2D eigenvalue weighted by Gasteiger charge is -2.23. The largest absolute Gasteiger partial charge is 0.486 e. The Balaban J connectivity index is 1.66. The van der Waals surface area contributed by atoms with Crippen LogP contribution in [0.3, 0.4) is 0 Å². The number of carbonyl (C=O) groups is 2. The quantitative estimate of drug-likeness (QED) is 0.813. The first-order valence-corrected chi connectivity index (χ1v) is 8.53. The number of amides is 2. The van der Waals surface area contributed by atoms with Gasteiger partial charge in [-0.15, -0.1) is 0 Å². The van der Waals surface area contributed by atoms with Crippen LogP contribution in [0.4, 0.5) is 0 Å². The van der Waals surface area contributed by atoms with E-state index in [1.807, 2.05) is 11.0 Å². The molecule has 2 heterocycles. The molecule has 130 valence electrons. The van der Waals surface area contributed by atoms with Crippen molar-refractivity contribution in [2.75, 3.05) is 39.4 Å². The number of fused-ring (bicyclic) bond motifs is 1. The van der Waals surface area contributed by atoms with E-state index in [9.17, 15) is 9.59 Å². The summed E-state index contributed by atoms with van der Waals surface area (Å²) in [5.41, 5.74) is 0.807. The summed E-state index contributed by atoms with van der Waals surface area (Å²) >= 11 is 6.22. The van der Waals surface area contributed by atoms with E-state index in [-0.39, 0.29) is 18.2 Å². The first kappa shape index (κ1) is 16.9. The van der Waals surface area contributed by atoms with Gasteiger partial charge in [0.1, 0.15) is 13.2 Å². The minimum Gasteiger partial charge on any atom is -0.486 e. The fourth-order valence-corrected chi connectivity index (χ4v) is 3.32. The van der Waals surface area contributed by atoms with E-state index in [1.165, 1.54) is 0 Å². The molecule has 2 amide bonds. The van der Waals surface area contributed by atoms with Gasteiger partial charge in [-0.2, -0.15) is 0 Å². The molecule has 1 aromatic rings. The highest BCUT2D eigenvalue weighted by Gasteiger charge is 2.22. The molecule has 0 atom stereocenters. The summed E-state index contributed by atoms with van der Waals surface area (Å²) in [6.07, 6.45) is 1.06. The van der Waals surface area contributed by atoms with Gasteiger partial charge >= 0.3 is 0 Å². The number of benzene rings is 1. The van der Waals surface area contributed by atoms with Crippen molar-refractivity contribution in [2.24, 2.45) is 0 Å². The lowest BCUT2D eigenvalue weighted by Crippen LogP contribution is -2.37. The molecule has 0 radical (unpaired) electrons. The second-order valence-corrected chi connectivity index (χ2v) is 6.43. The van der Waals surface area contributed by atoms with Gasteiger partial charge in [-0.3, -0.25) is 9.59 Å². The van der Waals surface area contributed by atoms with E-state index in [4.69, 9.17) is 21.1 Å². The summed E-state index contributed by atoms with van der Waals surface area (Å²) in [5.74, 6) is 1.23. The van der Waals surface area contributed by atoms with Crippen LogP contribution in [-0.2, 0) is 16.0 Å². The van der Waals surface area contributed by atoms with E-state index >= 15 is 0 Å². The Bertz CT molecular complexity index is 650. The van der Waals surface area contributed by atoms with Gasteiger partial charge in [-0.25, -0.2) is 0 Å². The van der Waals surface area contributed by atoms with Crippen LogP contribution >= 0.6 is 11.6 Å². The van der Waals surface area contributed by atoms with Crippen molar-refractivity contribution in [3.8, 4) is 11.5 Å². The monoisotopic (exact) mass is 352 g/mol. The maximum atomic E-state index is 12.6. The fourth-order valence-electron chi connectivity index (χ4n) is 3.03. The van der Waals surface area contributed by atoms with Gasteiger partial charge in [0.2, 0.25) is 11.8 Å². The summed E-state index contributed by atoms with van der Waals surface area (Å²) in [4.78, 5) is 27.7. The first-order valence-electron chi connectivity index (χ1n) is 8.16. The molecule has 2 aliphatic rings. The first-order chi connectivity index (χ1) is 11.5. The van der Waals surface area contributed by atoms with Crippen LogP contribution in [-0.4, -0.2) is 61.0 Å². The van der Waals surface area contributed by atoms with Crippen molar-refractivity contribution in [3.05, 3.63) is 22.7 Å². The highest BCUT2D eigenvalue weighted by molar-refractivity contribution is 6.32. The predicted molar refractivity (Wildman–Crippen MR) is 89.6 cm³/mol. The van der Waals surface area contributed by atoms with E-state index in [2.05, 4.69) is 0 Å². The third-order valence-electron chi connectivity index (χ3n) is 4.31. The zero-order valence-corrected chi connectivity index (χ0v) is 14.5. The lowest BCUT2D eigenvalue weighted by molar-refractivity contribution is -0.132. The second kappa shape index (κ2) is 7.30. The van der Waals surface area contributed by atoms with E-state index in [1.54, 1.807) is 17.9 Å². The number of halogens is 1. The normalized spacial score (nSPS) is 17.4. The molecule has 0 aliphatic carbocycles. The van der Waals surface area contributed by atoms with Crippen LogP contribution in [0.1, 0.15) is 18.9 Å². The van der Waals surface area contributed by atoms with E-state index in [0.717, 1.165) is 12.0 Å². The Morgan fingerprint density at radius 2 is 1.79 bits per heavy atom. The number of carbonyl (C=O) groups excluding carboxylic acids is 2. The number of hydrogen-bond acceptors (Lipinski definition) is 4. The molecule has 7 heteroatoms. The van der Waals surface area contributed by atoms with Gasteiger partial charge in [-0.1, -0.05) is 11.6 Å². The van der Waals surface area contributed by atoms with Crippen molar-refractivity contribution < 1.29 is 19.1 Å².